The van der Waals surface area contributed by atoms with Crippen LogP contribution in [0.25, 0.3) is 10.8 Å². The second-order valence-electron chi connectivity index (χ2n) is 18.7. The number of ketones is 1. The molecule has 3 fully saturated rings. The Labute approximate surface area is 346 Å². The lowest BCUT2D eigenvalue weighted by Crippen LogP contribution is -2.67. The van der Waals surface area contributed by atoms with Gasteiger partial charge in [-0.15, -0.1) is 0 Å². The molecular weight excluding hydrogens is 747 g/mol. The summed E-state index contributed by atoms with van der Waals surface area (Å²) in [5, 5.41) is 30.1. The van der Waals surface area contributed by atoms with Crippen molar-refractivity contribution in [3.05, 3.63) is 142 Å². The van der Waals surface area contributed by atoms with Crippen LogP contribution in [-0.4, -0.2) is 45.2 Å². The molecule has 9 atom stereocenters. The number of carbonyl (C=O) groups excluding carboxylic acids is 2. The number of urea groups is 1. The van der Waals surface area contributed by atoms with Crippen LogP contribution in [0.15, 0.2) is 115 Å². The highest BCUT2D eigenvalue weighted by atomic mass is 35.5. The summed E-state index contributed by atoms with van der Waals surface area (Å²) >= 11 is 6.53. The molecule has 6 nitrogen and oxygen atoms in total. The summed E-state index contributed by atoms with van der Waals surface area (Å²) in [4.78, 5) is 31.3. The summed E-state index contributed by atoms with van der Waals surface area (Å²) in [6, 6.07) is 28.3. The number of amides is 2. The minimum Gasteiger partial charge on any atom is -0.393 e. The number of aliphatic hydroxyl groups is 2. The van der Waals surface area contributed by atoms with Gasteiger partial charge in [-0.3, -0.25) is 4.79 Å². The SMILES string of the molecule is CC(NC(=O)N(Cc1cccc2ccccc12)CC1(O)CCC2C34C=CC5(C=C3C(=O)Cc3c(F)cccc3Cl)CC(O)CCC5(C)C4CCC21C)c1ccccc1. The highest BCUT2D eigenvalue weighted by Crippen LogP contribution is 2.78. The minimum absolute atomic E-state index is 0.0831. The van der Waals surface area contributed by atoms with E-state index in [2.05, 4.69) is 61.7 Å². The molecule has 6 aliphatic rings. The Morgan fingerprint density at radius 1 is 0.879 bits per heavy atom. The molecule has 3 N–H and O–H groups in total. The fourth-order valence-corrected chi connectivity index (χ4v) is 13.1. The van der Waals surface area contributed by atoms with Gasteiger partial charge in [0.15, 0.2) is 5.78 Å². The van der Waals surface area contributed by atoms with Gasteiger partial charge in [-0.25, -0.2) is 9.18 Å². The number of rotatable bonds is 9. The largest absolute Gasteiger partial charge is 0.393 e. The van der Waals surface area contributed by atoms with Crippen molar-refractivity contribution >= 4 is 34.2 Å². The van der Waals surface area contributed by atoms with Crippen LogP contribution in [0.1, 0.15) is 88.4 Å². The number of nitrogens with zero attached hydrogens (tertiary/aromatic N) is 1. The average molecular weight is 801 g/mol. The second kappa shape index (κ2) is 14.2. The van der Waals surface area contributed by atoms with Crippen molar-refractivity contribution in [3.63, 3.8) is 0 Å². The number of nitrogens with one attached hydrogen (secondary N) is 1. The Kier molecular flexibility index (Phi) is 9.57. The maximum Gasteiger partial charge on any atom is 0.318 e. The van der Waals surface area contributed by atoms with Gasteiger partial charge < -0.3 is 20.4 Å². The van der Waals surface area contributed by atoms with Gasteiger partial charge in [0.05, 0.1) is 24.3 Å². The minimum atomic E-state index is -1.28. The third-order valence-electron chi connectivity index (χ3n) is 16.0. The summed E-state index contributed by atoms with van der Waals surface area (Å²) in [5.74, 6) is -0.703. The van der Waals surface area contributed by atoms with Crippen LogP contribution in [0.2, 0.25) is 5.02 Å². The van der Waals surface area contributed by atoms with Crippen LogP contribution in [0, 0.1) is 39.3 Å². The third-order valence-corrected chi connectivity index (χ3v) is 16.4. The van der Waals surface area contributed by atoms with Gasteiger partial charge in [0.25, 0.3) is 0 Å². The average Bonchev–Trinajstić information content (AvgIpc) is 3.49. The fourth-order valence-electron chi connectivity index (χ4n) is 12.9. The maximum absolute atomic E-state index is 15.3. The summed E-state index contributed by atoms with van der Waals surface area (Å²) in [6.07, 6.45) is 10.7. The third kappa shape index (κ3) is 5.85. The highest BCUT2D eigenvalue weighted by molar-refractivity contribution is 6.31. The summed E-state index contributed by atoms with van der Waals surface area (Å²) < 4.78 is 15.3. The first-order chi connectivity index (χ1) is 27.7. The summed E-state index contributed by atoms with van der Waals surface area (Å²) in [6.45, 7) is 6.94. The van der Waals surface area contributed by atoms with Crippen molar-refractivity contribution in [2.75, 3.05) is 6.54 Å². The molecule has 0 saturated heterocycles. The molecule has 2 amide bonds. The molecule has 0 radical (unpaired) electrons. The van der Waals surface area contributed by atoms with Crippen LogP contribution in [0.5, 0.6) is 0 Å². The van der Waals surface area contributed by atoms with Gasteiger partial charge in [-0.05, 0) is 103 Å². The molecule has 0 aliphatic heterocycles. The van der Waals surface area contributed by atoms with Crippen LogP contribution in [-0.2, 0) is 17.8 Å². The first-order valence-electron chi connectivity index (χ1n) is 21.1. The molecule has 6 aliphatic carbocycles. The summed E-state index contributed by atoms with van der Waals surface area (Å²) in [7, 11) is 0. The van der Waals surface area contributed by atoms with E-state index in [1.807, 2.05) is 55.5 Å². The quantitative estimate of drug-likeness (QED) is 0.147. The molecule has 3 saturated carbocycles. The molecule has 2 bridgehead atoms. The number of hydrogen-bond donors (Lipinski definition) is 3. The van der Waals surface area contributed by atoms with Gasteiger partial charge in [-0.1, -0.05) is 123 Å². The van der Waals surface area contributed by atoms with Crippen molar-refractivity contribution in [1.82, 2.24) is 10.2 Å². The highest BCUT2D eigenvalue weighted by Gasteiger charge is 2.74. The Morgan fingerprint density at radius 3 is 2.36 bits per heavy atom. The summed E-state index contributed by atoms with van der Waals surface area (Å²) in [5.41, 5.74) is -0.522. The predicted molar refractivity (Wildman–Crippen MR) is 226 cm³/mol. The Balaban J connectivity index is 1.10. The van der Waals surface area contributed by atoms with E-state index in [0.717, 1.165) is 41.2 Å². The van der Waals surface area contributed by atoms with E-state index >= 15 is 4.39 Å². The standard InChI is InChI=1S/C50H54ClFN2O4/c1-32(33-11-5-4-6-12-33)53-45(57)54(30-35-15-9-14-34-13-7-8-16-37(34)35)31-49(58)24-21-44-47(49,3)23-20-43-46(2)22-19-36(55)28-48(46)25-26-50(43,44)39(29-48)42(56)27-38-40(51)17-10-18-41(38)52/h4-18,25-26,29,32,36,43-44,55,58H,19-24,27-28,30-31H2,1-3H3,(H,53,57). The molecule has 8 heteroatoms. The van der Waals surface area contributed by atoms with Gasteiger partial charge in [0.1, 0.15) is 5.82 Å². The maximum atomic E-state index is 15.3. The predicted octanol–water partition coefficient (Wildman–Crippen LogP) is 10.3. The topological polar surface area (TPSA) is 89.9 Å². The molecule has 10 rings (SSSR count). The van der Waals surface area contributed by atoms with Crippen molar-refractivity contribution in [3.8, 4) is 0 Å². The normalized spacial score (nSPS) is 33.8. The fraction of sp³-hybridized carbons (Fsp3) is 0.440. The number of allylic oxidation sites excluding steroid dienone is 4. The molecule has 4 aromatic rings. The number of benzene rings is 4. The van der Waals surface area contributed by atoms with Crippen LogP contribution in [0.4, 0.5) is 9.18 Å². The number of aliphatic hydroxyl groups excluding tert-OH is 1. The van der Waals surface area contributed by atoms with Gasteiger partial charge >= 0.3 is 6.03 Å². The van der Waals surface area contributed by atoms with E-state index in [4.69, 9.17) is 11.6 Å². The van der Waals surface area contributed by atoms with Crippen LogP contribution >= 0.6 is 11.6 Å². The lowest BCUT2D eigenvalue weighted by atomic mass is 9.32. The molecule has 0 heterocycles. The smallest absolute Gasteiger partial charge is 0.318 e. The van der Waals surface area contributed by atoms with Crippen molar-refractivity contribution in [1.29, 1.82) is 0 Å². The lowest BCUT2D eigenvalue weighted by molar-refractivity contribution is -0.177. The zero-order chi connectivity index (χ0) is 40.7. The van der Waals surface area contributed by atoms with Crippen LogP contribution < -0.4 is 5.32 Å². The van der Waals surface area contributed by atoms with Gasteiger partial charge in [0.2, 0.25) is 0 Å². The van der Waals surface area contributed by atoms with E-state index in [9.17, 15) is 19.8 Å². The van der Waals surface area contributed by atoms with Gasteiger partial charge in [0, 0.05) is 45.4 Å². The van der Waals surface area contributed by atoms with E-state index in [1.54, 1.807) is 17.0 Å². The number of fused-ring (bicyclic) bond motifs is 2. The number of halogens is 2. The molecule has 0 aromatic heterocycles. The van der Waals surface area contributed by atoms with Crippen molar-refractivity contribution in [2.24, 2.45) is 33.5 Å². The van der Waals surface area contributed by atoms with E-state index in [-0.39, 0.29) is 58.7 Å². The monoisotopic (exact) mass is 800 g/mol. The number of Topliss-reactive ketones (excluding diaryl/α,β-unsaturated/α-hetero) is 1. The van der Waals surface area contributed by atoms with Crippen molar-refractivity contribution in [2.45, 2.75) is 96.4 Å². The second-order valence-corrected chi connectivity index (χ2v) is 19.1. The zero-order valence-corrected chi connectivity index (χ0v) is 34.4. The van der Waals surface area contributed by atoms with Crippen molar-refractivity contribution < 1.29 is 24.2 Å². The molecule has 4 aromatic carbocycles. The molecule has 2 spiro atoms. The first kappa shape index (κ1) is 39.2. The van der Waals surface area contributed by atoms with E-state index in [1.165, 1.54) is 6.07 Å². The zero-order valence-electron chi connectivity index (χ0n) is 33.7. The van der Waals surface area contributed by atoms with Gasteiger partial charge in [-0.2, -0.15) is 0 Å². The number of hydrogen-bond acceptors (Lipinski definition) is 4. The lowest BCUT2D eigenvalue weighted by Gasteiger charge is -2.71. The van der Waals surface area contributed by atoms with E-state index < -0.39 is 33.8 Å². The molecule has 302 valence electrons. The molecule has 9 unspecified atom stereocenters. The first-order valence-corrected chi connectivity index (χ1v) is 21.5. The van der Waals surface area contributed by atoms with E-state index in [0.29, 0.717) is 37.8 Å². The molecular formula is C50H54ClFN2O4. The van der Waals surface area contributed by atoms with Crippen LogP contribution in [0.3, 0.4) is 0 Å². The number of carbonyl (C=O) groups is 2. The Morgan fingerprint density at radius 2 is 1.57 bits per heavy atom. The Hall–Kier alpha value is -4.30. The molecule has 58 heavy (non-hydrogen) atoms. The Bertz CT molecular complexity index is 2320.